The summed E-state index contributed by atoms with van der Waals surface area (Å²) in [7, 11) is -3.59. The molecule has 0 aliphatic carbocycles. The molecule has 0 saturated carbocycles. The summed E-state index contributed by atoms with van der Waals surface area (Å²) in [5.41, 5.74) is 0.573. The zero-order valence-electron chi connectivity index (χ0n) is 16.4. The molecule has 10 heteroatoms. The Balaban J connectivity index is 1.41. The summed E-state index contributed by atoms with van der Waals surface area (Å²) in [5.74, 6) is 1.99. The number of anilines is 3. The van der Waals surface area contributed by atoms with Gasteiger partial charge in [-0.05, 0) is 48.9 Å². The first-order valence-electron chi connectivity index (χ1n) is 9.47. The Morgan fingerprint density at radius 1 is 0.933 bits per heavy atom. The highest BCUT2D eigenvalue weighted by Crippen LogP contribution is 2.27. The van der Waals surface area contributed by atoms with Gasteiger partial charge < -0.3 is 10.2 Å². The molecule has 0 amide bonds. The van der Waals surface area contributed by atoms with Crippen LogP contribution >= 0.6 is 11.6 Å². The minimum Gasteiger partial charge on any atom is -0.352 e. The number of pyridine rings is 1. The summed E-state index contributed by atoms with van der Waals surface area (Å²) >= 11 is 6.11. The largest absolute Gasteiger partial charge is 0.352 e. The lowest BCUT2D eigenvalue weighted by atomic mass is 10.2. The van der Waals surface area contributed by atoms with Crippen LogP contribution in [0.15, 0.2) is 59.6 Å². The number of halogens is 1. The first kappa shape index (κ1) is 20.5. The van der Waals surface area contributed by atoms with E-state index in [0.717, 1.165) is 0 Å². The van der Waals surface area contributed by atoms with Gasteiger partial charge in [-0.15, -0.1) is 10.2 Å². The molecule has 0 unspecified atom stereocenters. The highest BCUT2D eigenvalue weighted by molar-refractivity contribution is 7.89. The molecule has 1 fully saturated rings. The number of hydrogen-bond acceptors (Lipinski definition) is 7. The zero-order chi connectivity index (χ0) is 21.1. The van der Waals surface area contributed by atoms with E-state index in [9.17, 15) is 8.42 Å². The van der Waals surface area contributed by atoms with Gasteiger partial charge in [0.05, 0.1) is 4.90 Å². The summed E-state index contributed by atoms with van der Waals surface area (Å²) in [6.45, 7) is 3.51. The molecule has 156 valence electrons. The summed E-state index contributed by atoms with van der Waals surface area (Å²) < 4.78 is 27.5. The second-order valence-electron chi connectivity index (χ2n) is 6.87. The molecule has 8 nitrogen and oxygen atoms in total. The molecule has 1 aliphatic rings. The molecular weight excluding hydrogens is 424 g/mol. The third-order valence-electron chi connectivity index (χ3n) is 4.97. The van der Waals surface area contributed by atoms with Crippen molar-refractivity contribution in [2.75, 3.05) is 36.4 Å². The van der Waals surface area contributed by atoms with Crippen molar-refractivity contribution in [3.05, 3.63) is 65.3 Å². The second kappa shape index (κ2) is 8.55. The molecular formula is C20H21ClN6O2S. The van der Waals surface area contributed by atoms with Gasteiger partial charge in [-0.2, -0.15) is 4.31 Å². The fourth-order valence-electron chi connectivity index (χ4n) is 3.29. The highest BCUT2D eigenvalue weighted by Gasteiger charge is 2.30. The Kier molecular flexibility index (Phi) is 5.85. The van der Waals surface area contributed by atoms with E-state index in [1.54, 1.807) is 31.3 Å². The Bertz CT molecular complexity index is 1120. The molecule has 1 aromatic carbocycles. The van der Waals surface area contributed by atoms with Gasteiger partial charge >= 0.3 is 0 Å². The van der Waals surface area contributed by atoms with Gasteiger partial charge in [0.2, 0.25) is 10.0 Å². The van der Waals surface area contributed by atoms with Crippen molar-refractivity contribution in [1.29, 1.82) is 0 Å². The normalized spacial score (nSPS) is 15.2. The SMILES string of the molecule is Cc1c(Cl)cccc1S(=O)(=O)N1CCN(c2ccc(Nc3ccccn3)nn2)CC1. The van der Waals surface area contributed by atoms with Gasteiger partial charge in [0.15, 0.2) is 11.6 Å². The Labute approximate surface area is 180 Å². The van der Waals surface area contributed by atoms with Gasteiger partial charge in [0, 0.05) is 37.4 Å². The maximum Gasteiger partial charge on any atom is 0.243 e. The predicted molar refractivity (Wildman–Crippen MR) is 117 cm³/mol. The monoisotopic (exact) mass is 444 g/mol. The average molecular weight is 445 g/mol. The highest BCUT2D eigenvalue weighted by atomic mass is 35.5. The quantitative estimate of drug-likeness (QED) is 0.646. The summed E-state index contributed by atoms with van der Waals surface area (Å²) in [6, 6.07) is 14.2. The topological polar surface area (TPSA) is 91.3 Å². The lowest BCUT2D eigenvalue weighted by Gasteiger charge is -2.34. The van der Waals surface area contributed by atoms with Crippen molar-refractivity contribution in [3.63, 3.8) is 0 Å². The maximum absolute atomic E-state index is 13.0. The third-order valence-corrected chi connectivity index (χ3v) is 7.42. The van der Waals surface area contributed by atoms with E-state index < -0.39 is 10.0 Å². The fourth-order valence-corrected chi connectivity index (χ4v) is 5.19. The molecule has 3 heterocycles. The van der Waals surface area contributed by atoms with Crippen LogP contribution in [0.5, 0.6) is 0 Å². The van der Waals surface area contributed by atoms with Crippen LogP contribution in [0.4, 0.5) is 17.5 Å². The van der Waals surface area contributed by atoms with Gasteiger partial charge in [0.25, 0.3) is 0 Å². The van der Waals surface area contributed by atoms with E-state index in [-0.39, 0.29) is 4.90 Å². The number of rotatable bonds is 5. The van der Waals surface area contributed by atoms with E-state index in [0.29, 0.717) is 54.2 Å². The predicted octanol–water partition coefficient (Wildman–Crippen LogP) is 3.09. The van der Waals surface area contributed by atoms with Gasteiger partial charge in [-0.1, -0.05) is 23.7 Å². The number of sulfonamides is 1. The van der Waals surface area contributed by atoms with Crippen molar-refractivity contribution >= 4 is 39.1 Å². The van der Waals surface area contributed by atoms with E-state index in [1.165, 1.54) is 4.31 Å². The molecule has 0 atom stereocenters. The number of aromatic nitrogens is 3. The third kappa shape index (κ3) is 4.23. The molecule has 0 radical (unpaired) electrons. The summed E-state index contributed by atoms with van der Waals surface area (Å²) in [4.78, 5) is 6.47. The van der Waals surface area contributed by atoms with Crippen molar-refractivity contribution in [2.45, 2.75) is 11.8 Å². The lowest BCUT2D eigenvalue weighted by molar-refractivity contribution is 0.383. The van der Waals surface area contributed by atoms with Crippen LogP contribution in [0.25, 0.3) is 0 Å². The molecule has 4 rings (SSSR count). The molecule has 0 bridgehead atoms. The molecule has 1 saturated heterocycles. The number of piperazine rings is 1. The van der Waals surface area contributed by atoms with Crippen molar-refractivity contribution in [1.82, 2.24) is 19.5 Å². The minimum atomic E-state index is -3.59. The molecule has 1 aliphatic heterocycles. The van der Waals surface area contributed by atoms with E-state index in [2.05, 4.69) is 20.5 Å². The Hall–Kier alpha value is -2.75. The van der Waals surface area contributed by atoms with Crippen LogP contribution in [-0.2, 0) is 10.0 Å². The van der Waals surface area contributed by atoms with Crippen LogP contribution in [0, 0.1) is 6.92 Å². The number of benzene rings is 1. The smallest absolute Gasteiger partial charge is 0.243 e. The maximum atomic E-state index is 13.0. The van der Waals surface area contributed by atoms with E-state index >= 15 is 0 Å². The van der Waals surface area contributed by atoms with Crippen LogP contribution in [0.1, 0.15) is 5.56 Å². The standard InChI is InChI=1S/C20H21ClN6O2S/c1-15-16(21)5-4-6-17(15)30(28,29)27-13-11-26(12-14-27)20-9-8-19(24-25-20)23-18-7-2-3-10-22-18/h2-10H,11-14H2,1H3,(H,22,23,24). The summed E-state index contributed by atoms with van der Waals surface area (Å²) in [5, 5.41) is 12.0. The van der Waals surface area contributed by atoms with Gasteiger partial charge in [-0.25, -0.2) is 13.4 Å². The lowest BCUT2D eigenvalue weighted by Crippen LogP contribution is -2.49. The molecule has 3 aromatic rings. The molecule has 0 spiro atoms. The number of nitrogens with one attached hydrogen (secondary N) is 1. The van der Waals surface area contributed by atoms with Crippen LogP contribution in [0.2, 0.25) is 5.02 Å². The van der Waals surface area contributed by atoms with Crippen LogP contribution < -0.4 is 10.2 Å². The van der Waals surface area contributed by atoms with Crippen molar-refractivity contribution in [2.24, 2.45) is 0 Å². The number of hydrogen-bond donors (Lipinski definition) is 1. The molecule has 30 heavy (non-hydrogen) atoms. The van der Waals surface area contributed by atoms with Crippen LogP contribution in [-0.4, -0.2) is 54.1 Å². The van der Waals surface area contributed by atoms with Crippen LogP contribution in [0.3, 0.4) is 0 Å². The van der Waals surface area contributed by atoms with Gasteiger partial charge in [-0.3, -0.25) is 0 Å². The first-order valence-corrected chi connectivity index (χ1v) is 11.3. The Morgan fingerprint density at radius 3 is 2.40 bits per heavy atom. The van der Waals surface area contributed by atoms with Gasteiger partial charge in [0.1, 0.15) is 5.82 Å². The zero-order valence-corrected chi connectivity index (χ0v) is 17.9. The minimum absolute atomic E-state index is 0.258. The molecule has 2 aromatic heterocycles. The van der Waals surface area contributed by atoms with E-state index in [4.69, 9.17) is 11.6 Å². The van der Waals surface area contributed by atoms with E-state index in [1.807, 2.05) is 35.2 Å². The van der Waals surface area contributed by atoms with Crippen molar-refractivity contribution in [3.8, 4) is 0 Å². The molecule has 1 N–H and O–H groups in total. The Morgan fingerprint density at radius 2 is 1.73 bits per heavy atom. The number of nitrogens with zero attached hydrogens (tertiary/aromatic N) is 5. The average Bonchev–Trinajstić information content (AvgIpc) is 2.77. The fraction of sp³-hybridized carbons (Fsp3) is 0.250. The summed E-state index contributed by atoms with van der Waals surface area (Å²) in [6.07, 6.45) is 1.70. The first-order chi connectivity index (χ1) is 14.4. The second-order valence-corrected chi connectivity index (χ2v) is 9.18. The van der Waals surface area contributed by atoms with Crippen molar-refractivity contribution < 1.29 is 8.42 Å².